The number of carboxylic acid groups (broad SMARTS) is 1. The van der Waals surface area contributed by atoms with Gasteiger partial charge in [0.1, 0.15) is 11.6 Å². The SMILES string of the molecule is CCCC(Oc1ccc([C@H](C)O)c(F)c1)C(=O)O. The van der Waals surface area contributed by atoms with Gasteiger partial charge in [0.15, 0.2) is 6.10 Å². The number of carbonyl (C=O) groups is 1. The summed E-state index contributed by atoms with van der Waals surface area (Å²) in [4.78, 5) is 10.9. The van der Waals surface area contributed by atoms with Crippen molar-refractivity contribution in [3.8, 4) is 5.75 Å². The first-order valence-corrected chi connectivity index (χ1v) is 5.82. The van der Waals surface area contributed by atoms with Gasteiger partial charge in [0, 0.05) is 11.6 Å². The predicted octanol–water partition coefficient (Wildman–Crippen LogP) is 2.51. The van der Waals surface area contributed by atoms with Gasteiger partial charge in [-0.15, -0.1) is 0 Å². The summed E-state index contributed by atoms with van der Waals surface area (Å²) >= 11 is 0. The van der Waals surface area contributed by atoms with Gasteiger partial charge in [0.2, 0.25) is 0 Å². The van der Waals surface area contributed by atoms with Gasteiger partial charge in [0.05, 0.1) is 6.10 Å². The highest BCUT2D eigenvalue weighted by atomic mass is 19.1. The van der Waals surface area contributed by atoms with Crippen LogP contribution in [0.15, 0.2) is 18.2 Å². The third-order valence-electron chi connectivity index (χ3n) is 2.53. The van der Waals surface area contributed by atoms with Crippen LogP contribution in [-0.2, 0) is 4.79 Å². The van der Waals surface area contributed by atoms with Gasteiger partial charge in [-0.3, -0.25) is 0 Å². The smallest absolute Gasteiger partial charge is 0.344 e. The van der Waals surface area contributed by atoms with Crippen LogP contribution in [0.5, 0.6) is 5.75 Å². The zero-order valence-electron chi connectivity index (χ0n) is 10.4. The number of hydrogen-bond acceptors (Lipinski definition) is 3. The molecule has 0 aliphatic heterocycles. The van der Waals surface area contributed by atoms with Crippen LogP contribution in [0.2, 0.25) is 0 Å². The number of halogens is 1. The van der Waals surface area contributed by atoms with Crippen LogP contribution in [0.3, 0.4) is 0 Å². The average Bonchev–Trinajstić information content (AvgIpc) is 2.27. The van der Waals surface area contributed by atoms with Gasteiger partial charge in [0.25, 0.3) is 0 Å². The van der Waals surface area contributed by atoms with E-state index in [1.165, 1.54) is 19.1 Å². The molecular formula is C13H17FO4. The molecule has 18 heavy (non-hydrogen) atoms. The highest BCUT2D eigenvalue weighted by Gasteiger charge is 2.19. The first-order valence-electron chi connectivity index (χ1n) is 5.82. The summed E-state index contributed by atoms with van der Waals surface area (Å²) in [6, 6.07) is 3.94. The second kappa shape index (κ2) is 6.35. The topological polar surface area (TPSA) is 66.8 Å². The van der Waals surface area contributed by atoms with Gasteiger partial charge >= 0.3 is 5.97 Å². The maximum absolute atomic E-state index is 13.6. The van der Waals surface area contributed by atoms with Crippen molar-refractivity contribution in [3.63, 3.8) is 0 Å². The van der Waals surface area contributed by atoms with Crippen LogP contribution in [-0.4, -0.2) is 22.3 Å². The van der Waals surface area contributed by atoms with E-state index in [1.54, 1.807) is 0 Å². The van der Waals surface area contributed by atoms with E-state index in [1.807, 2.05) is 6.92 Å². The van der Waals surface area contributed by atoms with Crippen molar-refractivity contribution in [1.82, 2.24) is 0 Å². The van der Waals surface area contributed by atoms with E-state index >= 15 is 0 Å². The summed E-state index contributed by atoms with van der Waals surface area (Å²) in [5, 5.41) is 18.2. The molecule has 0 saturated carbocycles. The fourth-order valence-corrected chi connectivity index (χ4v) is 1.58. The number of hydrogen-bond donors (Lipinski definition) is 2. The van der Waals surface area contributed by atoms with Crippen molar-refractivity contribution < 1.29 is 24.1 Å². The number of benzene rings is 1. The predicted molar refractivity (Wildman–Crippen MR) is 64.0 cm³/mol. The third-order valence-corrected chi connectivity index (χ3v) is 2.53. The van der Waals surface area contributed by atoms with Crippen LogP contribution >= 0.6 is 0 Å². The van der Waals surface area contributed by atoms with E-state index in [0.717, 1.165) is 6.07 Å². The van der Waals surface area contributed by atoms with Gasteiger partial charge in [-0.25, -0.2) is 9.18 Å². The van der Waals surface area contributed by atoms with Crippen molar-refractivity contribution in [3.05, 3.63) is 29.6 Å². The molecule has 1 unspecified atom stereocenters. The highest BCUT2D eigenvalue weighted by molar-refractivity contribution is 5.72. The monoisotopic (exact) mass is 256 g/mol. The molecule has 1 aromatic carbocycles. The Bertz CT molecular complexity index is 417. The zero-order chi connectivity index (χ0) is 13.7. The Morgan fingerprint density at radius 2 is 2.17 bits per heavy atom. The Hall–Kier alpha value is -1.62. The lowest BCUT2D eigenvalue weighted by Crippen LogP contribution is -2.26. The first-order chi connectivity index (χ1) is 8.45. The van der Waals surface area contributed by atoms with E-state index in [2.05, 4.69) is 0 Å². The molecule has 4 nitrogen and oxygen atoms in total. The van der Waals surface area contributed by atoms with E-state index < -0.39 is 24.0 Å². The Kier molecular flexibility index (Phi) is 5.09. The highest BCUT2D eigenvalue weighted by Crippen LogP contribution is 2.23. The summed E-state index contributed by atoms with van der Waals surface area (Å²) in [5.41, 5.74) is 0.157. The summed E-state index contributed by atoms with van der Waals surface area (Å²) in [6.45, 7) is 3.30. The number of rotatable bonds is 6. The molecule has 5 heteroatoms. The molecule has 100 valence electrons. The average molecular weight is 256 g/mol. The minimum atomic E-state index is -1.07. The Morgan fingerprint density at radius 3 is 2.61 bits per heavy atom. The lowest BCUT2D eigenvalue weighted by Gasteiger charge is -2.15. The second-order valence-electron chi connectivity index (χ2n) is 4.09. The Balaban J connectivity index is 2.84. The van der Waals surface area contributed by atoms with Crippen LogP contribution < -0.4 is 4.74 Å². The minimum absolute atomic E-state index is 0.151. The fraction of sp³-hybridized carbons (Fsp3) is 0.462. The quantitative estimate of drug-likeness (QED) is 0.820. The molecule has 0 spiro atoms. The zero-order valence-corrected chi connectivity index (χ0v) is 10.4. The molecule has 0 radical (unpaired) electrons. The number of carboxylic acids is 1. The molecule has 2 atom stereocenters. The van der Waals surface area contributed by atoms with Crippen molar-refractivity contribution in [2.24, 2.45) is 0 Å². The molecule has 0 bridgehead atoms. The van der Waals surface area contributed by atoms with Crippen molar-refractivity contribution in [1.29, 1.82) is 0 Å². The molecule has 0 fully saturated rings. The molecular weight excluding hydrogens is 239 g/mol. The molecule has 0 amide bonds. The second-order valence-corrected chi connectivity index (χ2v) is 4.09. The van der Waals surface area contributed by atoms with Crippen LogP contribution in [0.25, 0.3) is 0 Å². The number of aliphatic carboxylic acids is 1. The summed E-state index contributed by atoms with van der Waals surface area (Å²) < 4.78 is 18.8. The first kappa shape index (κ1) is 14.4. The summed E-state index contributed by atoms with van der Waals surface area (Å²) in [7, 11) is 0. The molecule has 0 aliphatic rings. The molecule has 2 N–H and O–H groups in total. The lowest BCUT2D eigenvalue weighted by atomic mass is 10.1. The van der Waals surface area contributed by atoms with Crippen LogP contribution in [0.4, 0.5) is 4.39 Å². The molecule has 0 heterocycles. The molecule has 1 aromatic rings. The number of ether oxygens (including phenoxy) is 1. The minimum Gasteiger partial charge on any atom is -0.479 e. The van der Waals surface area contributed by atoms with Crippen LogP contribution in [0, 0.1) is 5.82 Å². The summed E-state index contributed by atoms with van der Waals surface area (Å²) in [5.74, 6) is -1.53. The largest absolute Gasteiger partial charge is 0.479 e. The third kappa shape index (κ3) is 3.70. The number of aliphatic hydroxyl groups is 1. The maximum Gasteiger partial charge on any atom is 0.344 e. The molecule has 0 saturated heterocycles. The van der Waals surface area contributed by atoms with E-state index in [-0.39, 0.29) is 11.3 Å². The van der Waals surface area contributed by atoms with Gasteiger partial charge in [-0.2, -0.15) is 0 Å². The van der Waals surface area contributed by atoms with Gasteiger partial charge in [-0.05, 0) is 25.5 Å². The van der Waals surface area contributed by atoms with E-state index in [4.69, 9.17) is 9.84 Å². The lowest BCUT2D eigenvalue weighted by molar-refractivity contribution is -0.145. The van der Waals surface area contributed by atoms with Crippen molar-refractivity contribution >= 4 is 5.97 Å². The van der Waals surface area contributed by atoms with Gasteiger partial charge in [-0.1, -0.05) is 13.3 Å². The van der Waals surface area contributed by atoms with Crippen molar-refractivity contribution in [2.75, 3.05) is 0 Å². The maximum atomic E-state index is 13.6. The van der Waals surface area contributed by atoms with E-state index in [0.29, 0.717) is 12.8 Å². The molecule has 0 aliphatic carbocycles. The van der Waals surface area contributed by atoms with E-state index in [9.17, 15) is 14.3 Å². The standard InChI is InChI=1S/C13H17FO4/c1-3-4-12(13(16)17)18-9-5-6-10(8(2)15)11(14)7-9/h5-8,12,15H,3-4H2,1-2H3,(H,16,17)/t8-,12?/m0/s1. The normalized spacial score (nSPS) is 14.0. The Labute approximate surface area is 105 Å². The number of aliphatic hydroxyl groups excluding tert-OH is 1. The fourth-order valence-electron chi connectivity index (χ4n) is 1.58. The molecule has 0 aromatic heterocycles. The Morgan fingerprint density at radius 1 is 1.50 bits per heavy atom. The van der Waals surface area contributed by atoms with Crippen molar-refractivity contribution in [2.45, 2.75) is 38.9 Å². The molecule has 1 rings (SSSR count). The van der Waals surface area contributed by atoms with Crippen LogP contribution in [0.1, 0.15) is 38.4 Å². The summed E-state index contributed by atoms with van der Waals surface area (Å²) in [6.07, 6.45) is -0.878. The van der Waals surface area contributed by atoms with Gasteiger partial charge < -0.3 is 14.9 Å².